The highest BCUT2D eigenvalue weighted by Crippen LogP contribution is 2.19. The van der Waals surface area contributed by atoms with Gasteiger partial charge in [0.25, 0.3) is 0 Å². The van der Waals surface area contributed by atoms with Crippen LogP contribution in [0.25, 0.3) is 0 Å². The van der Waals surface area contributed by atoms with Crippen molar-refractivity contribution < 1.29 is 0 Å². The normalized spacial score (nSPS) is 11.4. The molecule has 1 aromatic rings. The Morgan fingerprint density at radius 3 is 2.79 bits per heavy atom. The van der Waals surface area contributed by atoms with Crippen LogP contribution in [0.2, 0.25) is 0 Å². The van der Waals surface area contributed by atoms with Gasteiger partial charge >= 0.3 is 0 Å². The van der Waals surface area contributed by atoms with Crippen molar-refractivity contribution in [1.29, 1.82) is 0 Å². The molecular weight excluding hydrogens is 234 g/mol. The van der Waals surface area contributed by atoms with Gasteiger partial charge in [0.15, 0.2) is 0 Å². The summed E-state index contributed by atoms with van der Waals surface area (Å²) >= 11 is 0. The van der Waals surface area contributed by atoms with E-state index in [1.807, 2.05) is 18.5 Å². The van der Waals surface area contributed by atoms with Gasteiger partial charge in [-0.3, -0.25) is 4.98 Å². The van der Waals surface area contributed by atoms with Crippen LogP contribution in [-0.4, -0.2) is 24.1 Å². The molecule has 106 valence electrons. The Morgan fingerprint density at radius 2 is 2.16 bits per heavy atom. The minimum absolute atomic E-state index is 0.120. The third kappa shape index (κ3) is 5.88. The first-order valence-electron chi connectivity index (χ1n) is 6.94. The van der Waals surface area contributed by atoms with Gasteiger partial charge in [0, 0.05) is 49.3 Å². The predicted molar refractivity (Wildman–Crippen MR) is 83.5 cm³/mol. The molecule has 1 heterocycles. The molecule has 1 rings (SSSR count). The summed E-state index contributed by atoms with van der Waals surface area (Å²) in [5.41, 5.74) is 2.63. The van der Waals surface area contributed by atoms with E-state index < -0.39 is 0 Å². The summed E-state index contributed by atoms with van der Waals surface area (Å²) in [6.45, 7) is 12.2. The first-order chi connectivity index (χ1) is 8.94. The second kappa shape index (κ2) is 7.29. The second-order valence-corrected chi connectivity index (χ2v) is 5.96. The smallest absolute Gasteiger partial charge is 0.0440 e. The monoisotopic (exact) mass is 261 g/mol. The molecule has 3 nitrogen and oxygen atoms in total. The fourth-order valence-corrected chi connectivity index (χ4v) is 1.88. The van der Waals surface area contributed by atoms with Crippen LogP contribution in [0.4, 0.5) is 5.69 Å². The molecule has 0 fully saturated rings. The lowest BCUT2D eigenvalue weighted by molar-refractivity contribution is 0.424. The van der Waals surface area contributed by atoms with Crippen molar-refractivity contribution in [3.8, 4) is 0 Å². The molecule has 1 aromatic heterocycles. The third-order valence-corrected chi connectivity index (χ3v) is 3.00. The van der Waals surface area contributed by atoms with E-state index in [4.69, 9.17) is 0 Å². The zero-order valence-electron chi connectivity index (χ0n) is 12.7. The van der Waals surface area contributed by atoms with Crippen LogP contribution in [0, 0.1) is 0 Å². The van der Waals surface area contributed by atoms with Crippen molar-refractivity contribution in [2.24, 2.45) is 0 Å². The van der Waals surface area contributed by atoms with Crippen LogP contribution in [0.5, 0.6) is 0 Å². The van der Waals surface area contributed by atoms with E-state index in [1.165, 1.54) is 11.3 Å². The van der Waals surface area contributed by atoms with E-state index in [2.05, 4.69) is 55.7 Å². The summed E-state index contributed by atoms with van der Waals surface area (Å²) in [6.07, 6.45) is 7.99. The first kappa shape index (κ1) is 15.7. The zero-order valence-corrected chi connectivity index (χ0v) is 12.7. The first-order valence-corrected chi connectivity index (χ1v) is 6.94. The number of rotatable bonds is 7. The minimum atomic E-state index is 0.120. The summed E-state index contributed by atoms with van der Waals surface area (Å²) in [4.78, 5) is 6.54. The van der Waals surface area contributed by atoms with Gasteiger partial charge in [0.2, 0.25) is 0 Å². The van der Waals surface area contributed by atoms with Crippen molar-refractivity contribution in [1.82, 2.24) is 10.3 Å². The number of aromatic nitrogens is 1. The van der Waals surface area contributed by atoms with Crippen LogP contribution in [0.1, 0.15) is 39.2 Å². The van der Waals surface area contributed by atoms with Crippen LogP contribution in [-0.2, 0) is 6.54 Å². The number of unbranched alkanes of at least 4 members (excludes halogenated alkanes) is 1. The lowest BCUT2D eigenvalue weighted by atomic mass is 10.1. The third-order valence-electron chi connectivity index (χ3n) is 3.00. The fourth-order valence-electron chi connectivity index (χ4n) is 1.88. The molecule has 0 bridgehead atoms. The van der Waals surface area contributed by atoms with Crippen molar-refractivity contribution in [2.75, 3.05) is 18.5 Å². The maximum atomic E-state index is 4.24. The Hall–Kier alpha value is -1.35. The Kier molecular flexibility index (Phi) is 6.03. The standard InChI is InChI=1S/C16H27N3/c1-6-7-8-11-19(5)15-9-10-17-12-14(15)13-18-16(2,3)4/h6,9-10,12,18H,1,7-8,11,13H2,2-5H3. The molecule has 1 N–H and O–H groups in total. The number of pyridine rings is 1. The van der Waals surface area contributed by atoms with Gasteiger partial charge in [-0.1, -0.05) is 6.08 Å². The average molecular weight is 261 g/mol. The molecular formula is C16H27N3. The van der Waals surface area contributed by atoms with Crippen LogP contribution >= 0.6 is 0 Å². The van der Waals surface area contributed by atoms with E-state index in [-0.39, 0.29) is 5.54 Å². The number of nitrogens with one attached hydrogen (secondary N) is 1. The maximum Gasteiger partial charge on any atom is 0.0440 e. The van der Waals surface area contributed by atoms with Crippen molar-refractivity contribution in [3.05, 3.63) is 36.7 Å². The summed E-state index contributed by atoms with van der Waals surface area (Å²) in [7, 11) is 2.14. The van der Waals surface area contributed by atoms with Gasteiger partial charge in [-0.2, -0.15) is 0 Å². The summed E-state index contributed by atoms with van der Waals surface area (Å²) in [5, 5.41) is 3.52. The maximum absolute atomic E-state index is 4.24. The topological polar surface area (TPSA) is 28.2 Å². The molecule has 0 aliphatic rings. The Morgan fingerprint density at radius 1 is 1.42 bits per heavy atom. The molecule has 0 unspecified atom stereocenters. The SMILES string of the molecule is C=CCCCN(C)c1ccncc1CNC(C)(C)C. The molecule has 0 spiro atoms. The largest absolute Gasteiger partial charge is 0.374 e. The van der Waals surface area contributed by atoms with Crippen LogP contribution in [0.3, 0.4) is 0 Å². The highest BCUT2D eigenvalue weighted by Gasteiger charge is 2.12. The quantitative estimate of drug-likeness (QED) is 0.602. The van der Waals surface area contributed by atoms with Gasteiger partial charge < -0.3 is 10.2 Å². The molecule has 0 aliphatic carbocycles. The van der Waals surface area contributed by atoms with Crippen molar-refractivity contribution in [3.63, 3.8) is 0 Å². The number of anilines is 1. The average Bonchev–Trinajstić information content (AvgIpc) is 2.36. The Bertz CT molecular complexity index is 393. The molecule has 0 atom stereocenters. The Labute approximate surface area is 117 Å². The molecule has 0 saturated heterocycles. The lowest BCUT2D eigenvalue weighted by Gasteiger charge is -2.25. The van der Waals surface area contributed by atoms with Gasteiger partial charge in [-0.05, 0) is 39.7 Å². The van der Waals surface area contributed by atoms with Crippen molar-refractivity contribution in [2.45, 2.75) is 45.7 Å². The van der Waals surface area contributed by atoms with E-state index >= 15 is 0 Å². The van der Waals surface area contributed by atoms with E-state index in [1.54, 1.807) is 0 Å². The predicted octanol–water partition coefficient (Wildman–Crippen LogP) is 3.37. The number of hydrogen-bond acceptors (Lipinski definition) is 3. The molecule has 0 aromatic carbocycles. The number of nitrogens with zero attached hydrogens (tertiary/aromatic N) is 2. The number of allylic oxidation sites excluding steroid dienone is 1. The molecule has 0 aliphatic heterocycles. The lowest BCUT2D eigenvalue weighted by Crippen LogP contribution is -2.35. The molecule has 0 radical (unpaired) electrons. The van der Waals surface area contributed by atoms with Gasteiger partial charge in [0.05, 0.1) is 0 Å². The van der Waals surface area contributed by atoms with E-state index in [0.717, 1.165) is 25.9 Å². The van der Waals surface area contributed by atoms with E-state index in [9.17, 15) is 0 Å². The van der Waals surface area contributed by atoms with Gasteiger partial charge in [-0.15, -0.1) is 6.58 Å². The second-order valence-electron chi connectivity index (χ2n) is 5.96. The van der Waals surface area contributed by atoms with Gasteiger partial charge in [0.1, 0.15) is 0 Å². The minimum Gasteiger partial charge on any atom is -0.374 e. The molecule has 3 heteroatoms. The fraction of sp³-hybridized carbons (Fsp3) is 0.562. The van der Waals surface area contributed by atoms with Crippen LogP contribution in [0.15, 0.2) is 31.1 Å². The van der Waals surface area contributed by atoms with E-state index in [0.29, 0.717) is 0 Å². The summed E-state index contributed by atoms with van der Waals surface area (Å²) < 4.78 is 0. The Balaban J connectivity index is 2.69. The molecule has 19 heavy (non-hydrogen) atoms. The summed E-state index contributed by atoms with van der Waals surface area (Å²) in [5.74, 6) is 0. The molecule has 0 saturated carbocycles. The zero-order chi connectivity index (χ0) is 14.3. The summed E-state index contributed by atoms with van der Waals surface area (Å²) in [6, 6.07) is 2.09. The number of hydrogen-bond donors (Lipinski definition) is 1. The highest BCUT2D eigenvalue weighted by atomic mass is 15.1. The van der Waals surface area contributed by atoms with Crippen LogP contribution < -0.4 is 10.2 Å². The molecule has 0 amide bonds. The highest BCUT2D eigenvalue weighted by molar-refractivity contribution is 5.51. The van der Waals surface area contributed by atoms with Gasteiger partial charge in [-0.25, -0.2) is 0 Å². The van der Waals surface area contributed by atoms with Crippen molar-refractivity contribution >= 4 is 5.69 Å².